The number of halogens is 1. The molecule has 1 unspecified atom stereocenters. The van der Waals surface area contributed by atoms with Gasteiger partial charge in [0, 0.05) is 5.30 Å². The molecule has 0 bridgehead atoms. The summed E-state index contributed by atoms with van der Waals surface area (Å²) in [6.07, 6.45) is 0. The van der Waals surface area contributed by atoms with Gasteiger partial charge in [0.1, 0.15) is 5.75 Å². The first-order chi connectivity index (χ1) is 9.70. The van der Waals surface area contributed by atoms with E-state index in [1.807, 2.05) is 25.2 Å². The summed E-state index contributed by atoms with van der Waals surface area (Å²) in [6.45, 7) is 2.82. The number of hydrogen-bond donors (Lipinski definition) is 1. The number of nitrogens with zero attached hydrogens (tertiary/aromatic N) is 1. The molecule has 0 radical (unpaired) electrons. The summed E-state index contributed by atoms with van der Waals surface area (Å²) in [7, 11) is 6.94. The number of para-hydroxylation sites is 1. The maximum absolute atomic E-state index is 9.83. The third kappa shape index (κ3) is 5.20. The van der Waals surface area contributed by atoms with Crippen LogP contribution in [0, 0.1) is 6.92 Å². The van der Waals surface area contributed by atoms with E-state index in [2.05, 4.69) is 39.7 Å². The van der Waals surface area contributed by atoms with Gasteiger partial charge in [-0.15, -0.1) is 6.54 Å². The number of benzene rings is 2. The molecule has 0 amide bonds. The Labute approximate surface area is 138 Å². The Balaban J connectivity index is 0.000000956. The predicted molar refractivity (Wildman–Crippen MR) is 85.7 cm³/mol. The number of phenols is 1. The quantitative estimate of drug-likeness (QED) is 0.670. The first-order valence-corrected chi connectivity index (χ1v) is 9.24. The van der Waals surface area contributed by atoms with E-state index in [9.17, 15) is 5.11 Å². The molecular weight excluding hydrogens is 324 g/mol. The Kier molecular flexibility index (Phi) is 8.44. The van der Waals surface area contributed by atoms with E-state index in [0.717, 1.165) is 11.8 Å². The van der Waals surface area contributed by atoms with Crippen molar-refractivity contribution in [3.63, 3.8) is 0 Å². The number of aryl methyl sites for hydroxylation is 1. The topological polar surface area (TPSA) is 34.3 Å². The van der Waals surface area contributed by atoms with E-state index in [0.29, 0.717) is 14.3 Å². The van der Waals surface area contributed by atoms with Gasteiger partial charge in [-0.2, -0.15) is 7.05 Å². The van der Waals surface area contributed by atoms with E-state index in [1.165, 1.54) is 35.8 Å². The molecule has 2 aromatic rings. The van der Waals surface area contributed by atoms with Gasteiger partial charge in [0.25, 0.3) is 0 Å². The van der Waals surface area contributed by atoms with Gasteiger partial charge in [0.15, 0.2) is 0 Å². The van der Waals surface area contributed by atoms with E-state index in [4.69, 9.17) is 0 Å². The van der Waals surface area contributed by atoms with Crippen LogP contribution in [0.3, 0.4) is 0 Å². The summed E-state index contributed by atoms with van der Waals surface area (Å²) in [6, 6.07) is 13.9. The van der Waals surface area contributed by atoms with Crippen LogP contribution in [0.5, 0.6) is 5.75 Å². The molecule has 0 spiro atoms. The van der Waals surface area contributed by atoms with Gasteiger partial charge in [-0.25, -0.2) is 0 Å². The molecule has 0 aromatic heterocycles. The van der Waals surface area contributed by atoms with Crippen LogP contribution in [0.15, 0.2) is 42.5 Å². The Bertz CT molecular complexity index is 551. The van der Waals surface area contributed by atoms with Crippen LogP contribution in [0.2, 0.25) is 0 Å². The molecule has 0 aliphatic carbocycles. The molecule has 0 saturated carbocycles. The molecule has 2 rings (SSSR count). The molecule has 1 atom stereocenters. The van der Waals surface area contributed by atoms with Crippen molar-refractivity contribution in [3.05, 3.63) is 58.9 Å². The molecule has 0 saturated heterocycles. The molecular formula is C15H17ClNOPTi. The first kappa shape index (κ1) is 17.7. The number of phenolic OH excluding ortho intramolecular Hbond substituents is 1. The fourth-order valence-electron chi connectivity index (χ4n) is 1.87. The average Bonchev–Trinajstić information content (AvgIpc) is 2.46. The number of rotatable bonds is 4. The average molecular weight is 342 g/mol. The van der Waals surface area contributed by atoms with Crippen LogP contribution in [0.25, 0.3) is 5.32 Å². The van der Waals surface area contributed by atoms with Gasteiger partial charge in [-0.3, -0.25) is 0 Å². The summed E-state index contributed by atoms with van der Waals surface area (Å²) in [5.74, 6) is 0.371. The predicted octanol–water partition coefficient (Wildman–Crippen LogP) is 3.52. The SMILES string of the molecule is C[N-]Cc1cc(C)ccc1Pc1ccccc1O.[Cl][Ti+]. The van der Waals surface area contributed by atoms with Crippen molar-refractivity contribution in [1.82, 2.24) is 0 Å². The second-order valence-corrected chi connectivity index (χ2v) is 5.60. The summed E-state index contributed by atoms with van der Waals surface area (Å²) in [4.78, 5) is 0. The summed E-state index contributed by atoms with van der Waals surface area (Å²) < 4.78 is 0. The van der Waals surface area contributed by atoms with Crippen molar-refractivity contribution < 1.29 is 24.5 Å². The minimum absolute atomic E-state index is 0.371. The zero-order chi connectivity index (χ0) is 15.0. The summed E-state index contributed by atoms with van der Waals surface area (Å²) in [5, 5.41) is 16.3. The normalized spacial score (nSPS) is 10.3. The third-order valence-corrected chi connectivity index (χ3v) is 4.21. The van der Waals surface area contributed by atoms with Crippen molar-refractivity contribution in [2.24, 2.45) is 0 Å². The molecule has 2 aromatic carbocycles. The van der Waals surface area contributed by atoms with Gasteiger partial charge in [0.05, 0.1) is 0 Å². The molecule has 20 heavy (non-hydrogen) atoms. The number of aromatic hydroxyl groups is 1. The van der Waals surface area contributed by atoms with Crippen molar-refractivity contribution in [2.75, 3.05) is 7.05 Å². The van der Waals surface area contributed by atoms with Gasteiger partial charge in [-0.1, -0.05) is 56.1 Å². The van der Waals surface area contributed by atoms with Crippen LogP contribution in [-0.2, 0) is 25.9 Å². The third-order valence-electron chi connectivity index (χ3n) is 2.76. The van der Waals surface area contributed by atoms with Crippen LogP contribution >= 0.6 is 17.9 Å². The second kappa shape index (κ2) is 9.55. The zero-order valence-corrected chi connectivity index (χ0v) is 14.8. The van der Waals surface area contributed by atoms with Gasteiger partial charge < -0.3 is 10.4 Å². The molecule has 5 heteroatoms. The second-order valence-electron chi connectivity index (χ2n) is 4.28. The van der Waals surface area contributed by atoms with Crippen LogP contribution < -0.4 is 10.6 Å². The maximum atomic E-state index is 9.83. The van der Waals surface area contributed by atoms with Gasteiger partial charge in [-0.05, 0) is 18.3 Å². The number of hydrogen-bond acceptors (Lipinski definition) is 1. The van der Waals surface area contributed by atoms with Crippen LogP contribution in [-0.4, -0.2) is 12.2 Å². The van der Waals surface area contributed by atoms with E-state index in [-0.39, 0.29) is 0 Å². The van der Waals surface area contributed by atoms with Crippen molar-refractivity contribution in [1.29, 1.82) is 0 Å². The fourth-order valence-corrected chi connectivity index (χ4v) is 3.03. The molecule has 0 fully saturated rings. The van der Waals surface area contributed by atoms with Crippen molar-refractivity contribution in [2.45, 2.75) is 13.5 Å². The van der Waals surface area contributed by atoms with Gasteiger partial charge in [0.2, 0.25) is 0 Å². The van der Waals surface area contributed by atoms with Crippen LogP contribution in [0.1, 0.15) is 11.1 Å². The van der Waals surface area contributed by atoms with E-state index in [1.54, 1.807) is 6.07 Å². The summed E-state index contributed by atoms with van der Waals surface area (Å²) >= 11 is 1.47. The Morgan fingerprint density at radius 3 is 2.50 bits per heavy atom. The molecule has 2 nitrogen and oxygen atoms in total. The fraction of sp³-hybridized carbons (Fsp3) is 0.200. The first-order valence-electron chi connectivity index (χ1n) is 6.09. The van der Waals surface area contributed by atoms with Crippen molar-refractivity contribution in [3.8, 4) is 5.75 Å². The molecule has 0 aliphatic rings. The zero-order valence-electron chi connectivity index (χ0n) is 11.5. The van der Waals surface area contributed by atoms with Crippen LogP contribution in [0.4, 0.5) is 0 Å². The Hall–Kier alpha value is -0.366. The summed E-state index contributed by atoms with van der Waals surface area (Å²) in [5.41, 5.74) is 2.50. The molecule has 0 aliphatic heterocycles. The van der Waals surface area contributed by atoms with E-state index >= 15 is 0 Å². The Morgan fingerprint density at radius 2 is 1.85 bits per heavy atom. The monoisotopic (exact) mass is 341 g/mol. The minimum atomic E-state index is 0.371. The molecule has 104 valence electrons. The van der Waals surface area contributed by atoms with Crippen molar-refractivity contribution >= 4 is 28.5 Å². The standard InChI is InChI=1S/C15H17NOP.ClH.Ti/c1-11-7-8-14(12(9-11)10-16-2)18-15-6-4-3-5-13(15)17;;/h3-9,17-18H,10H2,1-2H3;1H;/q-1;;+2/p-1. The Morgan fingerprint density at radius 1 is 1.15 bits per heavy atom. The van der Waals surface area contributed by atoms with E-state index < -0.39 is 0 Å². The van der Waals surface area contributed by atoms with Gasteiger partial charge >= 0.3 is 28.7 Å². The molecule has 1 N–H and O–H groups in total. The molecule has 0 heterocycles.